The van der Waals surface area contributed by atoms with Crippen LogP contribution in [0, 0.1) is 0 Å². The first-order chi connectivity index (χ1) is 9.97. The first kappa shape index (κ1) is 16.1. The lowest BCUT2D eigenvalue weighted by atomic mass is 10.1. The molecule has 1 aliphatic rings. The average molecular weight is 332 g/mol. The minimum Gasteiger partial charge on any atom is -0.478 e. The largest absolute Gasteiger partial charge is 0.478 e. The Morgan fingerprint density at radius 2 is 2.00 bits per heavy atom. The van der Waals surface area contributed by atoms with E-state index >= 15 is 0 Å². The first-order valence-electron chi connectivity index (χ1n) is 6.61. The van der Waals surface area contributed by atoms with Gasteiger partial charge in [-0.15, -0.1) is 0 Å². The van der Waals surface area contributed by atoms with Crippen molar-refractivity contribution in [3.63, 3.8) is 0 Å². The molecule has 114 valence electrons. The molecule has 1 aromatic carbocycles. The van der Waals surface area contributed by atoms with Crippen LogP contribution >= 0.6 is 23.2 Å². The third-order valence-corrected chi connectivity index (χ3v) is 3.87. The lowest BCUT2D eigenvalue weighted by molar-refractivity contribution is -0.116. The summed E-state index contributed by atoms with van der Waals surface area (Å²) in [6.45, 7) is 0.751. The molecule has 7 heteroatoms. The van der Waals surface area contributed by atoms with Crippen LogP contribution in [0.3, 0.4) is 0 Å². The monoisotopic (exact) mass is 331 g/mol. The van der Waals surface area contributed by atoms with Gasteiger partial charge in [0.2, 0.25) is 5.91 Å². The van der Waals surface area contributed by atoms with Gasteiger partial charge in [0.15, 0.2) is 0 Å². The number of nitrogens with one attached hydrogen (secondary N) is 1. The van der Waals surface area contributed by atoms with Crippen LogP contribution < -0.4 is 5.32 Å². The van der Waals surface area contributed by atoms with Gasteiger partial charge >= 0.3 is 5.97 Å². The van der Waals surface area contributed by atoms with Crippen molar-refractivity contribution in [2.45, 2.75) is 31.8 Å². The molecule has 1 amide bonds. The molecule has 0 bridgehead atoms. The highest BCUT2D eigenvalue weighted by atomic mass is 35.5. The quantitative estimate of drug-likeness (QED) is 0.864. The summed E-state index contributed by atoms with van der Waals surface area (Å²) >= 11 is 11.9. The van der Waals surface area contributed by atoms with Crippen molar-refractivity contribution in [1.82, 2.24) is 0 Å². The van der Waals surface area contributed by atoms with Crippen molar-refractivity contribution in [1.29, 1.82) is 0 Å². The summed E-state index contributed by atoms with van der Waals surface area (Å²) in [5.41, 5.74) is 0.211. The average Bonchev–Trinajstić information content (AvgIpc) is 2.93. The van der Waals surface area contributed by atoms with Gasteiger partial charge in [0.05, 0.1) is 27.4 Å². The van der Waals surface area contributed by atoms with Crippen molar-refractivity contribution in [2.24, 2.45) is 0 Å². The molecular formula is C14H15Cl2NO4. The Balaban J connectivity index is 1.98. The number of hydrogen-bond acceptors (Lipinski definition) is 3. The molecule has 1 heterocycles. The summed E-state index contributed by atoms with van der Waals surface area (Å²) in [5.74, 6) is -1.35. The molecule has 0 radical (unpaired) electrons. The predicted octanol–water partition coefficient (Wildman–Crippen LogP) is 3.59. The molecule has 1 unspecified atom stereocenters. The third-order valence-electron chi connectivity index (χ3n) is 3.27. The Morgan fingerprint density at radius 3 is 2.52 bits per heavy atom. The van der Waals surface area contributed by atoms with E-state index in [0.717, 1.165) is 19.4 Å². The van der Waals surface area contributed by atoms with E-state index in [4.69, 9.17) is 33.0 Å². The fraction of sp³-hybridized carbons (Fsp3) is 0.429. The highest BCUT2D eigenvalue weighted by Crippen LogP contribution is 2.32. The highest BCUT2D eigenvalue weighted by molar-refractivity contribution is 6.40. The molecule has 1 aromatic rings. The van der Waals surface area contributed by atoms with E-state index in [0.29, 0.717) is 12.8 Å². The van der Waals surface area contributed by atoms with Gasteiger partial charge in [-0.25, -0.2) is 4.79 Å². The van der Waals surface area contributed by atoms with E-state index in [-0.39, 0.29) is 33.3 Å². The van der Waals surface area contributed by atoms with Crippen molar-refractivity contribution in [3.8, 4) is 0 Å². The van der Waals surface area contributed by atoms with E-state index in [9.17, 15) is 9.59 Å². The molecule has 0 saturated carbocycles. The molecule has 1 fully saturated rings. The van der Waals surface area contributed by atoms with Crippen molar-refractivity contribution >= 4 is 40.8 Å². The molecule has 0 spiro atoms. The maximum Gasteiger partial charge on any atom is 0.335 e. The number of benzene rings is 1. The van der Waals surface area contributed by atoms with E-state index in [1.54, 1.807) is 0 Å². The number of aromatic carboxylic acids is 1. The maximum atomic E-state index is 11.9. The summed E-state index contributed by atoms with van der Waals surface area (Å²) in [6.07, 6.45) is 3.09. The second-order valence-electron chi connectivity index (χ2n) is 4.84. The van der Waals surface area contributed by atoms with Crippen LogP contribution in [0.1, 0.15) is 36.0 Å². The van der Waals surface area contributed by atoms with E-state index in [1.165, 1.54) is 12.1 Å². The van der Waals surface area contributed by atoms with Crippen LogP contribution in [0.2, 0.25) is 10.0 Å². The lowest BCUT2D eigenvalue weighted by Gasteiger charge is -2.12. The molecule has 21 heavy (non-hydrogen) atoms. The molecule has 1 atom stereocenters. The molecule has 1 saturated heterocycles. The Bertz CT molecular complexity index is 533. The van der Waals surface area contributed by atoms with Crippen LogP contribution in [-0.4, -0.2) is 29.7 Å². The number of anilines is 1. The molecule has 2 N–H and O–H groups in total. The minimum atomic E-state index is -1.13. The van der Waals surface area contributed by atoms with Gasteiger partial charge in [-0.1, -0.05) is 23.2 Å². The summed E-state index contributed by atoms with van der Waals surface area (Å²) in [4.78, 5) is 22.8. The third kappa shape index (κ3) is 4.33. The van der Waals surface area contributed by atoms with Gasteiger partial charge in [-0.05, 0) is 31.4 Å². The van der Waals surface area contributed by atoms with Gasteiger partial charge in [-0.2, -0.15) is 0 Å². The number of ether oxygens (including phenoxy) is 1. The summed E-state index contributed by atoms with van der Waals surface area (Å²) in [6, 6.07) is 2.51. The van der Waals surface area contributed by atoms with Crippen LogP contribution in [-0.2, 0) is 9.53 Å². The number of rotatable bonds is 5. The number of carboxylic acids is 1. The number of carboxylic acid groups (broad SMARTS) is 1. The highest BCUT2D eigenvalue weighted by Gasteiger charge is 2.18. The minimum absolute atomic E-state index is 0.0256. The summed E-state index contributed by atoms with van der Waals surface area (Å²) in [5, 5.41) is 11.7. The fourth-order valence-corrected chi connectivity index (χ4v) is 2.76. The van der Waals surface area contributed by atoms with Crippen LogP contribution in [0.5, 0.6) is 0 Å². The zero-order chi connectivity index (χ0) is 15.4. The first-order valence-corrected chi connectivity index (χ1v) is 7.36. The van der Waals surface area contributed by atoms with E-state index in [1.807, 2.05) is 0 Å². The van der Waals surface area contributed by atoms with E-state index in [2.05, 4.69) is 5.32 Å². The Kier molecular flexibility index (Phi) is 5.45. The van der Waals surface area contributed by atoms with Gasteiger partial charge in [0.1, 0.15) is 0 Å². The second-order valence-corrected chi connectivity index (χ2v) is 5.66. The predicted molar refractivity (Wildman–Crippen MR) is 80.3 cm³/mol. The van der Waals surface area contributed by atoms with Crippen molar-refractivity contribution in [2.75, 3.05) is 11.9 Å². The maximum absolute atomic E-state index is 11.9. The van der Waals surface area contributed by atoms with E-state index < -0.39 is 5.97 Å². The normalized spacial score (nSPS) is 17.7. The molecule has 0 aromatic heterocycles. The number of carbonyl (C=O) groups excluding carboxylic acids is 1. The van der Waals surface area contributed by atoms with Gasteiger partial charge < -0.3 is 15.2 Å². The lowest BCUT2D eigenvalue weighted by Crippen LogP contribution is -2.16. The molecular weight excluding hydrogens is 317 g/mol. The Morgan fingerprint density at radius 1 is 1.33 bits per heavy atom. The van der Waals surface area contributed by atoms with Crippen LogP contribution in [0.15, 0.2) is 12.1 Å². The smallest absolute Gasteiger partial charge is 0.335 e. The Labute approximate surface area is 132 Å². The molecule has 5 nitrogen and oxygen atoms in total. The SMILES string of the molecule is O=C(CCC1CCCO1)Nc1c(Cl)cc(C(=O)O)cc1Cl. The molecule has 2 rings (SSSR count). The van der Waals surface area contributed by atoms with Crippen LogP contribution in [0.25, 0.3) is 0 Å². The molecule has 1 aliphatic heterocycles. The topological polar surface area (TPSA) is 75.6 Å². The zero-order valence-corrected chi connectivity index (χ0v) is 12.7. The van der Waals surface area contributed by atoms with Gasteiger partial charge in [0, 0.05) is 13.0 Å². The second kappa shape index (κ2) is 7.11. The number of halogens is 2. The number of hydrogen-bond donors (Lipinski definition) is 2. The summed E-state index contributed by atoms with van der Waals surface area (Å²) in [7, 11) is 0. The summed E-state index contributed by atoms with van der Waals surface area (Å²) < 4.78 is 5.45. The standard InChI is InChI=1S/C14H15Cl2NO4/c15-10-6-8(14(19)20)7-11(16)13(10)17-12(18)4-3-9-2-1-5-21-9/h6-7,9H,1-5H2,(H,17,18)(H,19,20). The van der Waals surface area contributed by atoms with Crippen LogP contribution in [0.4, 0.5) is 5.69 Å². The van der Waals surface area contributed by atoms with Crippen molar-refractivity contribution < 1.29 is 19.4 Å². The van der Waals surface area contributed by atoms with Gasteiger partial charge in [0.25, 0.3) is 0 Å². The zero-order valence-electron chi connectivity index (χ0n) is 11.2. The number of amides is 1. The number of carbonyl (C=O) groups is 2. The molecule has 0 aliphatic carbocycles. The van der Waals surface area contributed by atoms with Crippen molar-refractivity contribution in [3.05, 3.63) is 27.7 Å². The van der Waals surface area contributed by atoms with Gasteiger partial charge in [-0.3, -0.25) is 4.79 Å². The fourth-order valence-electron chi connectivity index (χ4n) is 2.18. The Hall–Kier alpha value is -1.30.